The molecule has 0 amide bonds. The molecule has 0 heterocycles. The van der Waals surface area contributed by atoms with Gasteiger partial charge in [0.25, 0.3) is 0 Å². The van der Waals surface area contributed by atoms with Gasteiger partial charge in [-0.25, -0.2) is 0 Å². The summed E-state index contributed by atoms with van der Waals surface area (Å²) < 4.78 is 16.9. The fourth-order valence-corrected chi connectivity index (χ4v) is 8.78. The van der Waals surface area contributed by atoms with Gasteiger partial charge in [0, 0.05) is 19.3 Å². The van der Waals surface area contributed by atoms with Gasteiger partial charge in [0.05, 0.1) is 0 Å². The standard InChI is InChI=1S/C63H114O6/c1-4-7-10-13-16-19-22-25-27-29-31-33-35-38-41-44-47-50-53-56-62(65)68-59-60(58-67-61(64)55-52-49-46-43-40-37-24-21-18-15-12-9-6-3)69-63(66)57-54-51-48-45-42-39-36-34-32-30-28-26-23-20-17-14-11-8-5-2/h17,20,26,28,32,34,39,42,60H,4-16,18-19,21-25,27,29-31,33,35-38,40-41,43-59H2,1-3H3/b20-17-,28-26-,34-32-,42-39-/t60-/m0/s1. The van der Waals surface area contributed by atoms with Crippen molar-refractivity contribution in [2.24, 2.45) is 0 Å². The topological polar surface area (TPSA) is 78.9 Å². The van der Waals surface area contributed by atoms with Crippen molar-refractivity contribution >= 4 is 17.9 Å². The number of esters is 3. The van der Waals surface area contributed by atoms with Crippen molar-refractivity contribution in [1.29, 1.82) is 0 Å². The predicted octanol–water partition coefficient (Wildman–Crippen LogP) is 20.2. The van der Waals surface area contributed by atoms with Crippen molar-refractivity contribution in [3.63, 3.8) is 0 Å². The third kappa shape index (κ3) is 56.2. The lowest BCUT2D eigenvalue weighted by atomic mass is 10.0. The van der Waals surface area contributed by atoms with Gasteiger partial charge < -0.3 is 14.2 Å². The monoisotopic (exact) mass is 967 g/mol. The van der Waals surface area contributed by atoms with Gasteiger partial charge in [0.1, 0.15) is 13.2 Å². The average Bonchev–Trinajstić information content (AvgIpc) is 3.35. The number of unbranched alkanes of at least 4 members (excludes halogenated alkanes) is 36. The molecule has 0 unspecified atom stereocenters. The van der Waals surface area contributed by atoms with Crippen molar-refractivity contribution in [2.75, 3.05) is 13.2 Å². The van der Waals surface area contributed by atoms with Gasteiger partial charge in [-0.15, -0.1) is 0 Å². The highest BCUT2D eigenvalue weighted by Gasteiger charge is 2.19. The van der Waals surface area contributed by atoms with Gasteiger partial charge in [0.2, 0.25) is 0 Å². The molecule has 0 aromatic carbocycles. The Bertz CT molecular complexity index is 1200. The van der Waals surface area contributed by atoms with Gasteiger partial charge in [-0.3, -0.25) is 14.4 Å². The van der Waals surface area contributed by atoms with E-state index in [2.05, 4.69) is 69.4 Å². The second-order valence-corrected chi connectivity index (χ2v) is 20.3. The summed E-state index contributed by atoms with van der Waals surface area (Å²) >= 11 is 0. The first-order chi connectivity index (χ1) is 34.0. The average molecular weight is 968 g/mol. The summed E-state index contributed by atoms with van der Waals surface area (Å²) in [5, 5.41) is 0. The van der Waals surface area contributed by atoms with Crippen LogP contribution in [0.1, 0.15) is 316 Å². The summed E-state index contributed by atoms with van der Waals surface area (Å²) in [6.07, 6.45) is 71.0. The molecule has 0 spiro atoms. The third-order valence-electron chi connectivity index (χ3n) is 13.3. The Labute approximate surface area is 428 Å². The van der Waals surface area contributed by atoms with E-state index in [1.165, 1.54) is 193 Å². The van der Waals surface area contributed by atoms with Crippen LogP contribution in [0.3, 0.4) is 0 Å². The SMILES string of the molecule is CCCCC/C=C\C/C=C\C/C=C\C/C=C\CCCCCC(=O)O[C@@H](COC(=O)CCCCCCCCCCCCCCC)COC(=O)CCCCCCCCCCCCCCCCCCCCC. The van der Waals surface area contributed by atoms with E-state index in [0.717, 1.165) is 83.5 Å². The molecule has 0 radical (unpaired) electrons. The molecule has 6 nitrogen and oxygen atoms in total. The maximum absolute atomic E-state index is 12.9. The first-order valence-corrected chi connectivity index (χ1v) is 30.1. The molecule has 402 valence electrons. The lowest BCUT2D eigenvalue weighted by Crippen LogP contribution is -2.30. The van der Waals surface area contributed by atoms with Crippen LogP contribution in [0.4, 0.5) is 0 Å². The predicted molar refractivity (Wildman–Crippen MR) is 298 cm³/mol. The second-order valence-electron chi connectivity index (χ2n) is 20.3. The molecule has 0 aliphatic heterocycles. The molecule has 0 saturated heterocycles. The first-order valence-electron chi connectivity index (χ1n) is 30.1. The fraction of sp³-hybridized carbons (Fsp3) is 0.825. The third-order valence-corrected chi connectivity index (χ3v) is 13.3. The van der Waals surface area contributed by atoms with Gasteiger partial charge in [0.15, 0.2) is 6.10 Å². The summed E-state index contributed by atoms with van der Waals surface area (Å²) in [7, 11) is 0. The lowest BCUT2D eigenvalue weighted by molar-refractivity contribution is -0.167. The van der Waals surface area contributed by atoms with E-state index in [1.54, 1.807) is 0 Å². The Kier molecular flexibility index (Phi) is 55.7. The molecule has 0 bridgehead atoms. The first kappa shape index (κ1) is 66.4. The zero-order valence-electron chi connectivity index (χ0n) is 46.1. The van der Waals surface area contributed by atoms with E-state index < -0.39 is 6.10 Å². The number of carbonyl (C=O) groups is 3. The van der Waals surface area contributed by atoms with Gasteiger partial charge in [-0.2, -0.15) is 0 Å². The summed E-state index contributed by atoms with van der Waals surface area (Å²) in [6, 6.07) is 0. The van der Waals surface area contributed by atoms with E-state index in [1.807, 2.05) is 0 Å². The Morgan fingerprint density at radius 2 is 0.522 bits per heavy atom. The summed E-state index contributed by atoms with van der Waals surface area (Å²) in [6.45, 7) is 6.63. The summed E-state index contributed by atoms with van der Waals surface area (Å²) in [5.41, 5.74) is 0. The van der Waals surface area contributed by atoms with Crippen LogP contribution in [0.15, 0.2) is 48.6 Å². The van der Waals surface area contributed by atoms with Crippen LogP contribution < -0.4 is 0 Å². The molecule has 0 aromatic rings. The number of carbonyl (C=O) groups excluding carboxylic acids is 3. The van der Waals surface area contributed by atoms with E-state index in [9.17, 15) is 14.4 Å². The van der Waals surface area contributed by atoms with Crippen LogP contribution in [-0.2, 0) is 28.6 Å². The Morgan fingerprint density at radius 1 is 0.290 bits per heavy atom. The number of allylic oxidation sites excluding steroid dienone is 8. The van der Waals surface area contributed by atoms with Gasteiger partial charge >= 0.3 is 17.9 Å². The summed E-state index contributed by atoms with van der Waals surface area (Å²) in [5.74, 6) is -0.894. The minimum absolute atomic E-state index is 0.0816. The maximum atomic E-state index is 12.9. The van der Waals surface area contributed by atoms with Crippen LogP contribution >= 0.6 is 0 Å². The van der Waals surface area contributed by atoms with Crippen molar-refractivity contribution in [3.8, 4) is 0 Å². The van der Waals surface area contributed by atoms with Crippen molar-refractivity contribution < 1.29 is 28.6 Å². The van der Waals surface area contributed by atoms with Crippen molar-refractivity contribution in [1.82, 2.24) is 0 Å². The van der Waals surface area contributed by atoms with Gasteiger partial charge in [-0.05, 0) is 64.2 Å². The Balaban J connectivity index is 4.37. The normalized spacial score (nSPS) is 12.3. The van der Waals surface area contributed by atoms with Crippen LogP contribution in [-0.4, -0.2) is 37.2 Å². The van der Waals surface area contributed by atoms with E-state index in [4.69, 9.17) is 14.2 Å². The smallest absolute Gasteiger partial charge is 0.306 e. The van der Waals surface area contributed by atoms with Crippen molar-refractivity contribution in [3.05, 3.63) is 48.6 Å². The highest BCUT2D eigenvalue weighted by molar-refractivity contribution is 5.71. The zero-order chi connectivity index (χ0) is 50.0. The molecule has 0 saturated carbocycles. The minimum atomic E-state index is -0.786. The number of hydrogen-bond donors (Lipinski definition) is 0. The number of rotatable bonds is 55. The molecule has 6 heteroatoms. The summed E-state index contributed by atoms with van der Waals surface area (Å²) in [4.78, 5) is 38.2. The van der Waals surface area contributed by atoms with Crippen LogP contribution in [0.25, 0.3) is 0 Å². The van der Waals surface area contributed by atoms with E-state index in [-0.39, 0.29) is 31.1 Å². The zero-order valence-corrected chi connectivity index (χ0v) is 46.1. The molecular formula is C63H114O6. The highest BCUT2D eigenvalue weighted by atomic mass is 16.6. The molecule has 0 aliphatic rings. The van der Waals surface area contributed by atoms with Crippen LogP contribution in [0.2, 0.25) is 0 Å². The number of ether oxygens (including phenoxy) is 3. The van der Waals surface area contributed by atoms with Crippen LogP contribution in [0, 0.1) is 0 Å². The molecule has 69 heavy (non-hydrogen) atoms. The molecular weight excluding hydrogens is 853 g/mol. The Hall–Kier alpha value is -2.63. The molecule has 0 rings (SSSR count). The minimum Gasteiger partial charge on any atom is -0.462 e. The molecule has 0 fully saturated rings. The lowest BCUT2D eigenvalue weighted by Gasteiger charge is -2.18. The second kappa shape index (κ2) is 57.9. The van der Waals surface area contributed by atoms with E-state index >= 15 is 0 Å². The highest BCUT2D eigenvalue weighted by Crippen LogP contribution is 2.17. The maximum Gasteiger partial charge on any atom is 0.306 e. The number of hydrogen-bond acceptors (Lipinski definition) is 6. The van der Waals surface area contributed by atoms with Gasteiger partial charge in [-0.1, -0.05) is 281 Å². The van der Waals surface area contributed by atoms with Crippen LogP contribution in [0.5, 0.6) is 0 Å². The van der Waals surface area contributed by atoms with Crippen molar-refractivity contribution in [2.45, 2.75) is 322 Å². The molecule has 0 aliphatic carbocycles. The largest absolute Gasteiger partial charge is 0.462 e. The molecule has 0 N–H and O–H groups in total. The quantitative estimate of drug-likeness (QED) is 0.0262. The fourth-order valence-electron chi connectivity index (χ4n) is 8.78. The molecule has 0 aromatic heterocycles. The van der Waals surface area contributed by atoms with E-state index in [0.29, 0.717) is 19.3 Å². The molecule has 1 atom stereocenters. The Morgan fingerprint density at radius 3 is 0.841 bits per heavy atom.